The zero-order valence-electron chi connectivity index (χ0n) is 11.0. The fourth-order valence-corrected chi connectivity index (χ4v) is 2.39. The molecule has 20 heavy (non-hydrogen) atoms. The molecule has 5 nitrogen and oxygen atoms in total. The van der Waals surface area contributed by atoms with Crippen LogP contribution in [0.3, 0.4) is 0 Å². The molecule has 0 spiro atoms. The maximum atomic E-state index is 12.0. The normalized spacial score (nSPS) is 20.6. The molecule has 1 aromatic carbocycles. The van der Waals surface area contributed by atoms with Crippen LogP contribution in [0.25, 0.3) is 10.9 Å². The van der Waals surface area contributed by atoms with Crippen molar-refractivity contribution in [3.8, 4) is 0 Å². The lowest BCUT2D eigenvalue weighted by Gasteiger charge is -2.09. The third kappa shape index (κ3) is 2.22. The van der Waals surface area contributed by atoms with Gasteiger partial charge in [-0.2, -0.15) is 0 Å². The molecular weight excluding hydrogens is 256 g/mol. The van der Waals surface area contributed by atoms with Crippen LogP contribution in [0.15, 0.2) is 30.3 Å². The van der Waals surface area contributed by atoms with Gasteiger partial charge in [0.25, 0.3) is 0 Å². The van der Waals surface area contributed by atoms with Crippen molar-refractivity contribution in [1.82, 2.24) is 4.98 Å². The number of hydrogen-bond acceptors (Lipinski definition) is 3. The van der Waals surface area contributed by atoms with Crippen LogP contribution in [0.5, 0.6) is 0 Å². The van der Waals surface area contributed by atoms with Crippen LogP contribution in [0.1, 0.15) is 12.1 Å². The first kappa shape index (κ1) is 12.6. The fourth-order valence-electron chi connectivity index (χ4n) is 2.39. The second kappa shape index (κ2) is 4.59. The van der Waals surface area contributed by atoms with Gasteiger partial charge in [0.1, 0.15) is 0 Å². The van der Waals surface area contributed by atoms with Crippen LogP contribution in [-0.2, 0) is 9.59 Å². The molecular formula is C15H14N2O3. The summed E-state index contributed by atoms with van der Waals surface area (Å²) in [5.74, 6) is -2.09. The zero-order chi connectivity index (χ0) is 14.3. The number of para-hydroxylation sites is 1. The maximum absolute atomic E-state index is 12.0. The van der Waals surface area contributed by atoms with Gasteiger partial charge in [-0.25, -0.2) is 0 Å². The number of fused-ring (bicyclic) bond motifs is 1. The molecule has 3 rings (SSSR count). The number of aryl methyl sites for hydroxylation is 1. The van der Waals surface area contributed by atoms with E-state index in [2.05, 4.69) is 10.3 Å². The maximum Gasteiger partial charge on any atom is 0.307 e. The summed E-state index contributed by atoms with van der Waals surface area (Å²) in [6.45, 7) is 1.86. The summed E-state index contributed by atoms with van der Waals surface area (Å²) < 4.78 is 0. The highest BCUT2D eigenvalue weighted by atomic mass is 16.4. The first-order chi connectivity index (χ1) is 9.56. The Balaban J connectivity index is 1.88. The van der Waals surface area contributed by atoms with Crippen molar-refractivity contribution in [3.63, 3.8) is 0 Å². The number of nitrogens with one attached hydrogen (secondary N) is 1. The number of carboxylic acid groups (broad SMARTS) is 1. The van der Waals surface area contributed by atoms with Gasteiger partial charge in [-0.05, 0) is 25.5 Å². The highest BCUT2D eigenvalue weighted by Crippen LogP contribution is 2.39. The molecule has 2 unspecified atom stereocenters. The number of anilines is 1. The number of carbonyl (C=O) groups excluding carboxylic acids is 1. The summed E-state index contributed by atoms with van der Waals surface area (Å²) in [4.78, 5) is 27.3. The molecule has 2 atom stereocenters. The number of amides is 1. The van der Waals surface area contributed by atoms with E-state index in [-0.39, 0.29) is 5.91 Å². The topological polar surface area (TPSA) is 79.3 Å². The SMILES string of the molecule is Cc1cc(NC(=O)C2CC2C(=O)O)c2ccccc2n1. The van der Waals surface area contributed by atoms with E-state index in [0.717, 1.165) is 16.6 Å². The van der Waals surface area contributed by atoms with E-state index in [4.69, 9.17) is 5.11 Å². The molecule has 5 heteroatoms. The molecule has 1 fully saturated rings. The van der Waals surface area contributed by atoms with Gasteiger partial charge in [0.05, 0.1) is 23.0 Å². The van der Waals surface area contributed by atoms with E-state index in [1.807, 2.05) is 31.2 Å². The largest absolute Gasteiger partial charge is 0.481 e. The second-order valence-electron chi connectivity index (χ2n) is 5.10. The molecule has 0 aliphatic heterocycles. The second-order valence-corrected chi connectivity index (χ2v) is 5.10. The van der Waals surface area contributed by atoms with Crippen LogP contribution in [0.4, 0.5) is 5.69 Å². The molecule has 1 aliphatic rings. The molecule has 0 radical (unpaired) electrons. The molecule has 1 aromatic heterocycles. The summed E-state index contributed by atoms with van der Waals surface area (Å²) in [6, 6.07) is 9.35. The third-order valence-electron chi connectivity index (χ3n) is 3.55. The van der Waals surface area contributed by atoms with Crippen molar-refractivity contribution < 1.29 is 14.7 Å². The Bertz CT molecular complexity index is 711. The lowest BCUT2D eigenvalue weighted by Crippen LogP contribution is -2.17. The number of benzene rings is 1. The van der Waals surface area contributed by atoms with E-state index in [9.17, 15) is 9.59 Å². The number of aromatic nitrogens is 1. The van der Waals surface area contributed by atoms with Crippen LogP contribution in [-0.4, -0.2) is 22.0 Å². The molecule has 1 heterocycles. The van der Waals surface area contributed by atoms with E-state index < -0.39 is 17.8 Å². The number of pyridine rings is 1. The lowest BCUT2D eigenvalue weighted by atomic mass is 10.1. The van der Waals surface area contributed by atoms with Crippen molar-refractivity contribution in [3.05, 3.63) is 36.0 Å². The van der Waals surface area contributed by atoms with Crippen LogP contribution in [0.2, 0.25) is 0 Å². The predicted octanol–water partition coefficient (Wildman–Crippen LogP) is 2.20. The smallest absolute Gasteiger partial charge is 0.307 e. The van der Waals surface area contributed by atoms with Crippen molar-refractivity contribution >= 4 is 28.5 Å². The monoisotopic (exact) mass is 270 g/mol. The van der Waals surface area contributed by atoms with Gasteiger partial charge >= 0.3 is 5.97 Å². The van der Waals surface area contributed by atoms with Gasteiger partial charge in [0.2, 0.25) is 5.91 Å². The Morgan fingerprint density at radius 3 is 2.75 bits per heavy atom. The highest BCUT2D eigenvalue weighted by Gasteiger charge is 2.48. The highest BCUT2D eigenvalue weighted by molar-refractivity contribution is 6.04. The molecule has 0 saturated heterocycles. The van der Waals surface area contributed by atoms with E-state index >= 15 is 0 Å². The first-order valence-electron chi connectivity index (χ1n) is 6.46. The van der Waals surface area contributed by atoms with Crippen molar-refractivity contribution in [2.24, 2.45) is 11.8 Å². The fraction of sp³-hybridized carbons (Fsp3) is 0.267. The van der Waals surface area contributed by atoms with Gasteiger partial charge < -0.3 is 10.4 Å². The van der Waals surface area contributed by atoms with Gasteiger partial charge in [0.15, 0.2) is 0 Å². The summed E-state index contributed by atoms with van der Waals surface area (Å²) >= 11 is 0. The Morgan fingerprint density at radius 2 is 2.05 bits per heavy atom. The predicted molar refractivity (Wildman–Crippen MR) is 74.3 cm³/mol. The zero-order valence-corrected chi connectivity index (χ0v) is 11.0. The van der Waals surface area contributed by atoms with Crippen molar-refractivity contribution in [1.29, 1.82) is 0 Å². The molecule has 1 aliphatic carbocycles. The quantitative estimate of drug-likeness (QED) is 0.896. The van der Waals surface area contributed by atoms with E-state index in [1.165, 1.54) is 0 Å². The molecule has 2 aromatic rings. The molecule has 0 bridgehead atoms. The van der Waals surface area contributed by atoms with E-state index in [1.54, 1.807) is 6.07 Å². The Kier molecular flexibility index (Phi) is 2.89. The number of carboxylic acids is 1. The summed E-state index contributed by atoms with van der Waals surface area (Å²) in [7, 11) is 0. The average molecular weight is 270 g/mol. The summed E-state index contributed by atoms with van der Waals surface area (Å²) in [5, 5.41) is 12.6. The molecule has 1 amide bonds. The number of hydrogen-bond donors (Lipinski definition) is 2. The summed E-state index contributed by atoms with van der Waals surface area (Å²) in [6.07, 6.45) is 0.420. The standard InChI is InChI=1S/C15H14N2O3/c1-8-6-13(9-4-2-3-5-12(9)16-8)17-14(18)10-7-11(10)15(19)20/h2-6,10-11H,7H2,1H3,(H,19,20)(H,16,17,18). The third-order valence-corrected chi connectivity index (χ3v) is 3.55. The number of aliphatic carboxylic acids is 1. The number of carbonyl (C=O) groups is 2. The van der Waals surface area contributed by atoms with Gasteiger partial charge in [0, 0.05) is 11.1 Å². The number of nitrogens with zero attached hydrogens (tertiary/aromatic N) is 1. The molecule has 1 saturated carbocycles. The van der Waals surface area contributed by atoms with Crippen molar-refractivity contribution in [2.75, 3.05) is 5.32 Å². The minimum atomic E-state index is -0.902. The van der Waals surface area contributed by atoms with Crippen molar-refractivity contribution in [2.45, 2.75) is 13.3 Å². The minimum absolute atomic E-state index is 0.229. The van der Waals surface area contributed by atoms with Crippen LogP contribution < -0.4 is 5.32 Å². The molecule has 2 N–H and O–H groups in total. The lowest BCUT2D eigenvalue weighted by molar-refractivity contribution is -0.139. The molecule has 102 valence electrons. The number of rotatable bonds is 3. The van der Waals surface area contributed by atoms with E-state index in [0.29, 0.717) is 12.1 Å². The Morgan fingerprint density at radius 1 is 1.30 bits per heavy atom. The average Bonchev–Trinajstić information content (AvgIpc) is 3.18. The minimum Gasteiger partial charge on any atom is -0.481 e. The van der Waals surface area contributed by atoms with Gasteiger partial charge in [-0.15, -0.1) is 0 Å². The van der Waals surface area contributed by atoms with Gasteiger partial charge in [-0.1, -0.05) is 18.2 Å². The van der Waals surface area contributed by atoms with Gasteiger partial charge in [-0.3, -0.25) is 14.6 Å². The van der Waals surface area contributed by atoms with Crippen LogP contribution >= 0.6 is 0 Å². The Labute approximate surface area is 115 Å². The summed E-state index contributed by atoms with van der Waals surface area (Å²) in [5.41, 5.74) is 2.31. The van der Waals surface area contributed by atoms with Crippen LogP contribution in [0, 0.1) is 18.8 Å². The first-order valence-corrected chi connectivity index (χ1v) is 6.46. The Hall–Kier alpha value is -2.43.